The van der Waals surface area contributed by atoms with Crippen LogP contribution in [0.4, 0.5) is 37.6 Å². The number of aromatic nitrogens is 5. The van der Waals surface area contributed by atoms with Crippen LogP contribution in [0.15, 0.2) is 47.4 Å². The predicted octanol–water partition coefficient (Wildman–Crippen LogP) is 4.75. The maximum Gasteiger partial charge on any atom is 0.301 e. The number of aliphatic hydroxyl groups excluding tert-OH is 1. The first-order valence-electron chi connectivity index (χ1n) is 21.7. The molecule has 2 amide bonds. The number of carbonyl (C=O) groups excluding carboxylic acids is 2. The van der Waals surface area contributed by atoms with Crippen LogP contribution in [0.25, 0.3) is 21.8 Å². The predicted molar refractivity (Wildman–Crippen MR) is 236 cm³/mol. The van der Waals surface area contributed by atoms with E-state index in [1.165, 1.54) is 4.57 Å². The second-order valence-electron chi connectivity index (χ2n) is 17.7. The van der Waals surface area contributed by atoms with Crippen molar-refractivity contribution in [1.82, 2.24) is 34.5 Å². The first-order valence-corrected chi connectivity index (χ1v) is 22.1. The number of carbonyl (C=O) groups is 2. The summed E-state index contributed by atoms with van der Waals surface area (Å²) in [6, 6.07) is 10.2. The van der Waals surface area contributed by atoms with Crippen molar-refractivity contribution in [3.63, 3.8) is 0 Å². The number of pyridine rings is 1. The van der Waals surface area contributed by atoms with Crippen molar-refractivity contribution in [3.05, 3.63) is 63.7 Å². The van der Waals surface area contributed by atoms with Crippen molar-refractivity contribution in [2.45, 2.75) is 62.4 Å². The lowest BCUT2D eigenvalue weighted by molar-refractivity contribution is -0.134. The fourth-order valence-electron chi connectivity index (χ4n) is 10.0. The molecule has 10 rings (SSSR count). The van der Waals surface area contributed by atoms with Crippen molar-refractivity contribution in [2.24, 2.45) is 25.9 Å². The second-order valence-corrected chi connectivity index (χ2v) is 18.1. The Morgan fingerprint density at radius 1 is 1.00 bits per heavy atom. The summed E-state index contributed by atoms with van der Waals surface area (Å²) in [5.74, 6) is -3.17. The molecule has 3 atom stereocenters. The number of ether oxygens (including phenoxy) is 1. The Kier molecular flexibility index (Phi) is 10.6. The lowest BCUT2D eigenvalue weighted by Gasteiger charge is -2.44. The van der Waals surface area contributed by atoms with Gasteiger partial charge in [0, 0.05) is 76.2 Å². The van der Waals surface area contributed by atoms with Gasteiger partial charge in [-0.25, -0.2) is 13.8 Å². The van der Waals surface area contributed by atoms with Gasteiger partial charge in [-0.15, -0.1) is 0 Å². The van der Waals surface area contributed by atoms with Crippen LogP contribution in [0.2, 0.25) is 5.02 Å². The minimum Gasteiger partial charge on any atom is -0.480 e. The Balaban J connectivity index is 0.797. The maximum atomic E-state index is 15.2. The smallest absolute Gasteiger partial charge is 0.301 e. The van der Waals surface area contributed by atoms with E-state index in [9.17, 15) is 19.5 Å². The number of nitrogens with zero attached hydrogens (tertiary/aromatic N) is 8. The minimum atomic E-state index is -3.14. The van der Waals surface area contributed by atoms with Gasteiger partial charge in [0.15, 0.2) is 12.4 Å². The number of piperazine rings is 1. The third-order valence-corrected chi connectivity index (χ3v) is 13.9. The van der Waals surface area contributed by atoms with Crippen LogP contribution in [0.3, 0.4) is 0 Å². The number of hydrogen-bond acceptors (Lipinski definition) is 13. The summed E-state index contributed by atoms with van der Waals surface area (Å²) in [4.78, 5) is 54.1. The molecule has 0 bridgehead atoms. The summed E-state index contributed by atoms with van der Waals surface area (Å²) < 4.78 is 39.1. The molecule has 4 aliphatic heterocycles. The number of aryl methyl sites for hydroxylation is 2. The second kappa shape index (κ2) is 16.2. The Labute approximate surface area is 366 Å². The first-order chi connectivity index (χ1) is 30.4. The number of amides is 2. The molecule has 3 unspecified atom stereocenters. The average molecular weight is 886 g/mol. The van der Waals surface area contributed by atoms with Gasteiger partial charge < -0.3 is 34.8 Å². The molecule has 0 spiro atoms. The van der Waals surface area contributed by atoms with Crippen LogP contribution in [0, 0.1) is 11.8 Å². The molecule has 3 aromatic heterocycles. The molecule has 4 fully saturated rings. The lowest BCUT2D eigenvalue weighted by atomic mass is 9.92. The van der Waals surface area contributed by atoms with Gasteiger partial charge in [0.2, 0.25) is 23.5 Å². The van der Waals surface area contributed by atoms with Gasteiger partial charge in [0.05, 0.1) is 58.9 Å². The van der Waals surface area contributed by atoms with Gasteiger partial charge in [0.1, 0.15) is 5.02 Å². The standard InChI is InChI=1S/C44H50ClF2N11O5/c1-54-32-10-8-26(18-30(32)36-38(42(54)62)63-23-44(46,47)39(51-36)25-6-7-25)49-40-31(45)19-48-43(52-40)56-14-12-24(13-15-56)20-57-16-17-58(21-27(57)22-59)33-5-3-4-28-35(53-55(2)37(28)33)29-9-11-34(60)50-41(29)61/h3-5,8,10,18-19,24-25,27,29,39,51,59H,6-7,9,11-17,20-23H2,1-2H3,(H,48,49,52)(H,50,60,61). The number of fused-ring (bicyclic) bond motifs is 4. The number of hydrogen-bond donors (Lipinski definition) is 4. The van der Waals surface area contributed by atoms with Crippen LogP contribution in [0.1, 0.15) is 50.1 Å². The molecule has 3 saturated heterocycles. The van der Waals surface area contributed by atoms with E-state index in [2.05, 4.69) is 41.7 Å². The van der Waals surface area contributed by atoms with Gasteiger partial charge in [-0.05, 0) is 68.2 Å². The molecule has 63 heavy (non-hydrogen) atoms. The number of anilines is 5. The number of halogens is 3. The van der Waals surface area contributed by atoms with Crippen molar-refractivity contribution < 1.29 is 28.2 Å². The topological polar surface area (TPSA) is 175 Å². The normalized spacial score (nSPS) is 23.3. The number of rotatable bonds is 9. The van der Waals surface area contributed by atoms with Crippen molar-refractivity contribution in [3.8, 4) is 5.75 Å². The number of alkyl halides is 2. The number of para-hydroxylation sites is 1. The number of aliphatic hydroxyl groups is 1. The largest absolute Gasteiger partial charge is 0.480 e. The summed E-state index contributed by atoms with van der Waals surface area (Å²) in [6.45, 7) is 3.66. The molecule has 1 saturated carbocycles. The fourth-order valence-corrected chi connectivity index (χ4v) is 10.1. The monoisotopic (exact) mass is 885 g/mol. The molecule has 7 heterocycles. The van der Waals surface area contributed by atoms with Crippen LogP contribution < -0.4 is 36.0 Å². The van der Waals surface area contributed by atoms with Gasteiger partial charge in [-0.2, -0.15) is 10.1 Å². The summed E-state index contributed by atoms with van der Waals surface area (Å²) >= 11 is 6.64. The van der Waals surface area contributed by atoms with Crippen LogP contribution in [0.5, 0.6) is 5.75 Å². The van der Waals surface area contributed by atoms with E-state index in [1.807, 2.05) is 23.9 Å². The number of piperidine rings is 2. The van der Waals surface area contributed by atoms with Crippen molar-refractivity contribution in [1.29, 1.82) is 0 Å². The average Bonchev–Trinajstić information content (AvgIpc) is 4.08. The molecule has 4 N–H and O–H groups in total. The fraction of sp³-hybridized carbons (Fsp3) is 0.500. The Morgan fingerprint density at radius 3 is 2.57 bits per heavy atom. The van der Waals surface area contributed by atoms with E-state index in [0.717, 1.165) is 62.2 Å². The van der Waals surface area contributed by atoms with E-state index >= 15 is 8.78 Å². The van der Waals surface area contributed by atoms with E-state index in [-0.39, 0.29) is 48.2 Å². The molecular formula is C44H50ClF2N11O5. The maximum absolute atomic E-state index is 15.2. The molecule has 5 aliphatic rings. The first kappa shape index (κ1) is 41.4. The molecule has 19 heteroatoms. The van der Waals surface area contributed by atoms with E-state index in [0.29, 0.717) is 70.8 Å². The zero-order valence-corrected chi connectivity index (χ0v) is 35.9. The highest BCUT2D eigenvalue weighted by Gasteiger charge is 2.51. The minimum absolute atomic E-state index is 0.0195. The highest BCUT2D eigenvalue weighted by atomic mass is 35.5. The number of benzene rings is 2. The molecule has 1 aliphatic carbocycles. The van der Waals surface area contributed by atoms with E-state index in [1.54, 1.807) is 31.4 Å². The molecule has 5 aromatic rings. The Bertz CT molecular complexity index is 2680. The Hall–Kier alpha value is -5.59. The summed E-state index contributed by atoms with van der Waals surface area (Å²) in [6.07, 6.45) is 5.49. The molecular weight excluding hydrogens is 836 g/mol. The van der Waals surface area contributed by atoms with Gasteiger partial charge in [0.25, 0.3) is 5.56 Å². The summed E-state index contributed by atoms with van der Waals surface area (Å²) in [7, 11) is 3.48. The van der Waals surface area contributed by atoms with E-state index < -0.39 is 30.0 Å². The zero-order chi connectivity index (χ0) is 43.7. The highest BCUT2D eigenvalue weighted by Crippen LogP contribution is 2.46. The van der Waals surface area contributed by atoms with Crippen molar-refractivity contribution in [2.75, 3.05) is 72.9 Å². The number of nitrogens with one attached hydrogen (secondary N) is 3. The molecule has 2 aromatic carbocycles. The van der Waals surface area contributed by atoms with E-state index in [4.69, 9.17) is 26.4 Å². The zero-order valence-electron chi connectivity index (χ0n) is 35.1. The highest BCUT2D eigenvalue weighted by molar-refractivity contribution is 6.33. The summed E-state index contributed by atoms with van der Waals surface area (Å²) in [5.41, 5.74) is 3.56. The van der Waals surface area contributed by atoms with Gasteiger partial charge in [-0.3, -0.25) is 29.3 Å². The van der Waals surface area contributed by atoms with Gasteiger partial charge >= 0.3 is 5.92 Å². The van der Waals surface area contributed by atoms with Crippen molar-refractivity contribution >= 4 is 74.0 Å². The molecule has 332 valence electrons. The SMILES string of the molecule is Cn1nc(C2CCC(=O)NC2=O)c2cccc(N3CCN(CC4CCN(c5ncc(Cl)c(Nc6ccc7c(c6)c6c(c(=O)n7C)OCC(F)(F)C(C7CC7)N6)n5)CC4)C(CO)C3)c21. The van der Waals surface area contributed by atoms with Crippen LogP contribution >= 0.6 is 11.6 Å². The van der Waals surface area contributed by atoms with Crippen LogP contribution in [-0.4, -0.2) is 117 Å². The van der Waals surface area contributed by atoms with Gasteiger partial charge in [-0.1, -0.05) is 23.7 Å². The number of imide groups is 1. The molecule has 0 radical (unpaired) electrons. The van der Waals surface area contributed by atoms with Crippen LogP contribution in [-0.2, 0) is 23.7 Å². The Morgan fingerprint density at radius 2 is 1.81 bits per heavy atom. The summed E-state index contributed by atoms with van der Waals surface area (Å²) in [5, 5.41) is 26.0. The third kappa shape index (κ3) is 7.69. The quantitative estimate of drug-likeness (QED) is 0.150. The molecule has 16 nitrogen and oxygen atoms in total. The third-order valence-electron chi connectivity index (χ3n) is 13.6. The lowest BCUT2D eigenvalue weighted by Crippen LogP contribution is -2.56.